The Kier molecular flexibility index (Phi) is 5.37. The van der Waals surface area contributed by atoms with Crippen molar-refractivity contribution in [3.05, 3.63) is 59.4 Å². The number of fused-ring (bicyclic) bond motifs is 1. The molecule has 2 heterocycles. The second-order valence-corrected chi connectivity index (χ2v) is 6.98. The summed E-state index contributed by atoms with van der Waals surface area (Å²) in [6, 6.07) is 13.3. The van der Waals surface area contributed by atoms with Crippen molar-refractivity contribution < 1.29 is 13.9 Å². The molecule has 4 nitrogen and oxygen atoms in total. The maximum Gasteiger partial charge on any atom is 0.161 e. The van der Waals surface area contributed by atoms with Crippen molar-refractivity contribution in [2.24, 2.45) is 0 Å². The lowest BCUT2D eigenvalue weighted by atomic mass is 10.1. The predicted molar refractivity (Wildman–Crippen MR) is 99.0 cm³/mol. The van der Waals surface area contributed by atoms with E-state index in [1.807, 2.05) is 18.2 Å². The zero-order chi connectivity index (χ0) is 17.8. The standard InChI is InChI=1S/C21H25FN2O2/c22-19-5-2-1-4-18(19)16-24-9-3-8-23(10-11-24)15-17-6-7-20-21(14-17)26-13-12-25-20/h1-2,4-7,14H,3,8-13,15-16H2. The van der Waals surface area contributed by atoms with Crippen LogP contribution in [0.1, 0.15) is 17.5 Å². The number of nitrogens with zero attached hydrogens (tertiary/aromatic N) is 2. The lowest BCUT2D eigenvalue weighted by Gasteiger charge is -2.23. The number of benzene rings is 2. The van der Waals surface area contributed by atoms with E-state index in [0.717, 1.165) is 56.2 Å². The quantitative estimate of drug-likeness (QED) is 0.839. The molecule has 0 bridgehead atoms. The number of hydrogen-bond donors (Lipinski definition) is 0. The largest absolute Gasteiger partial charge is 0.486 e. The minimum absolute atomic E-state index is 0.107. The van der Waals surface area contributed by atoms with Crippen molar-refractivity contribution in [1.29, 1.82) is 0 Å². The van der Waals surface area contributed by atoms with Crippen LogP contribution in [0.15, 0.2) is 42.5 Å². The van der Waals surface area contributed by atoms with E-state index in [0.29, 0.717) is 19.8 Å². The molecule has 0 atom stereocenters. The second kappa shape index (κ2) is 8.06. The van der Waals surface area contributed by atoms with Gasteiger partial charge in [-0.3, -0.25) is 9.80 Å². The zero-order valence-electron chi connectivity index (χ0n) is 15.0. The highest BCUT2D eigenvalue weighted by atomic mass is 19.1. The van der Waals surface area contributed by atoms with Gasteiger partial charge < -0.3 is 9.47 Å². The van der Waals surface area contributed by atoms with Gasteiger partial charge in [-0.2, -0.15) is 0 Å². The van der Waals surface area contributed by atoms with Gasteiger partial charge in [0.2, 0.25) is 0 Å². The summed E-state index contributed by atoms with van der Waals surface area (Å²) >= 11 is 0. The van der Waals surface area contributed by atoms with Crippen molar-refractivity contribution in [1.82, 2.24) is 9.80 Å². The van der Waals surface area contributed by atoms with Crippen LogP contribution in [0.2, 0.25) is 0 Å². The van der Waals surface area contributed by atoms with Gasteiger partial charge in [0.05, 0.1) is 0 Å². The number of halogens is 1. The van der Waals surface area contributed by atoms with E-state index >= 15 is 0 Å². The van der Waals surface area contributed by atoms with Crippen molar-refractivity contribution in [2.75, 3.05) is 39.4 Å². The Morgan fingerprint density at radius 3 is 2.35 bits per heavy atom. The van der Waals surface area contributed by atoms with Crippen LogP contribution in [0.4, 0.5) is 4.39 Å². The fraction of sp³-hybridized carbons (Fsp3) is 0.429. The summed E-state index contributed by atoms with van der Waals surface area (Å²) in [7, 11) is 0. The van der Waals surface area contributed by atoms with Crippen LogP contribution in [-0.2, 0) is 13.1 Å². The van der Waals surface area contributed by atoms with Gasteiger partial charge in [-0.1, -0.05) is 24.3 Å². The maximum absolute atomic E-state index is 13.9. The first kappa shape index (κ1) is 17.3. The lowest BCUT2D eigenvalue weighted by Crippen LogP contribution is -2.30. The Morgan fingerprint density at radius 2 is 1.54 bits per heavy atom. The van der Waals surface area contributed by atoms with Crippen LogP contribution in [0.3, 0.4) is 0 Å². The fourth-order valence-electron chi connectivity index (χ4n) is 3.65. The number of ether oxygens (including phenoxy) is 2. The van der Waals surface area contributed by atoms with E-state index in [1.54, 1.807) is 12.1 Å². The van der Waals surface area contributed by atoms with Crippen LogP contribution in [0.25, 0.3) is 0 Å². The third-order valence-corrected chi connectivity index (χ3v) is 5.05. The minimum atomic E-state index is -0.107. The van der Waals surface area contributed by atoms with Crippen molar-refractivity contribution in [3.63, 3.8) is 0 Å². The minimum Gasteiger partial charge on any atom is -0.486 e. The Balaban J connectivity index is 1.34. The molecule has 26 heavy (non-hydrogen) atoms. The summed E-state index contributed by atoms with van der Waals surface area (Å²) in [4.78, 5) is 4.81. The van der Waals surface area contributed by atoms with Crippen LogP contribution >= 0.6 is 0 Å². The van der Waals surface area contributed by atoms with Crippen LogP contribution in [0, 0.1) is 5.82 Å². The van der Waals surface area contributed by atoms with Gasteiger partial charge in [-0.15, -0.1) is 0 Å². The number of hydrogen-bond acceptors (Lipinski definition) is 4. The van der Waals surface area contributed by atoms with Crippen molar-refractivity contribution in [2.45, 2.75) is 19.5 Å². The highest BCUT2D eigenvalue weighted by Crippen LogP contribution is 2.31. The van der Waals surface area contributed by atoms with Gasteiger partial charge in [0.1, 0.15) is 19.0 Å². The molecular formula is C21H25FN2O2. The molecule has 0 amide bonds. The van der Waals surface area contributed by atoms with Gasteiger partial charge in [-0.05, 0) is 43.3 Å². The van der Waals surface area contributed by atoms with Gasteiger partial charge in [0.15, 0.2) is 11.5 Å². The van der Waals surface area contributed by atoms with E-state index in [4.69, 9.17) is 9.47 Å². The Bertz CT molecular complexity index is 753. The molecule has 0 N–H and O–H groups in total. The molecule has 0 radical (unpaired) electrons. The average Bonchev–Trinajstić information content (AvgIpc) is 2.89. The maximum atomic E-state index is 13.9. The van der Waals surface area contributed by atoms with Gasteiger partial charge in [0, 0.05) is 31.7 Å². The third kappa shape index (κ3) is 4.17. The molecule has 2 aliphatic heterocycles. The molecule has 0 aromatic heterocycles. The van der Waals surface area contributed by atoms with Gasteiger partial charge in [-0.25, -0.2) is 4.39 Å². The van der Waals surface area contributed by atoms with Crippen LogP contribution in [0.5, 0.6) is 11.5 Å². The summed E-state index contributed by atoms with van der Waals surface area (Å²) in [5.74, 6) is 1.58. The molecule has 1 fully saturated rings. The van der Waals surface area contributed by atoms with Crippen LogP contribution < -0.4 is 9.47 Å². The molecule has 0 unspecified atom stereocenters. The molecule has 2 aromatic rings. The summed E-state index contributed by atoms with van der Waals surface area (Å²) < 4.78 is 25.2. The zero-order valence-corrected chi connectivity index (χ0v) is 15.0. The average molecular weight is 356 g/mol. The summed E-state index contributed by atoms with van der Waals surface area (Å²) in [6.07, 6.45) is 1.10. The monoisotopic (exact) mass is 356 g/mol. The topological polar surface area (TPSA) is 24.9 Å². The van der Waals surface area contributed by atoms with E-state index in [-0.39, 0.29) is 5.82 Å². The first-order chi connectivity index (χ1) is 12.8. The SMILES string of the molecule is Fc1ccccc1CN1CCCN(Cc2ccc3c(c2)OCCO3)CC1. The molecule has 2 aliphatic rings. The first-order valence-corrected chi connectivity index (χ1v) is 9.34. The Labute approximate surface area is 154 Å². The first-order valence-electron chi connectivity index (χ1n) is 9.34. The number of rotatable bonds is 4. The highest BCUT2D eigenvalue weighted by molar-refractivity contribution is 5.43. The molecule has 0 aliphatic carbocycles. The molecule has 2 aromatic carbocycles. The molecule has 4 rings (SSSR count). The van der Waals surface area contributed by atoms with Crippen molar-refractivity contribution in [3.8, 4) is 11.5 Å². The molecule has 1 saturated heterocycles. The fourth-order valence-corrected chi connectivity index (χ4v) is 3.65. The highest BCUT2D eigenvalue weighted by Gasteiger charge is 2.18. The van der Waals surface area contributed by atoms with Crippen LogP contribution in [-0.4, -0.2) is 49.2 Å². The lowest BCUT2D eigenvalue weighted by molar-refractivity contribution is 0.171. The summed E-state index contributed by atoms with van der Waals surface area (Å²) in [6.45, 7) is 6.84. The molecular weight excluding hydrogens is 331 g/mol. The molecule has 0 saturated carbocycles. The molecule has 138 valence electrons. The van der Waals surface area contributed by atoms with Gasteiger partial charge >= 0.3 is 0 Å². The molecule has 5 heteroatoms. The normalized spacial score (nSPS) is 18.5. The van der Waals surface area contributed by atoms with E-state index in [2.05, 4.69) is 21.9 Å². The predicted octanol–water partition coefficient (Wildman–Crippen LogP) is 3.30. The Morgan fingerprint density at radius 1 is 0.808 bits per heavy atom. The summed E-state index contributed by atoms with van der Waals surface area (Å²) in [5.41, 5.74) is 2.03. The van der Waals surface area contributed by atoms with Crippen molar-refractivity contribution >= 4 is 0 Å². The van der Waals surface area contributed by atoms with E-state index < -0.39 is 0 Å². The van der Waals surface area contributed by atoms with Gasteiger partial charge in [0.25, 0.3) is 0 Å². The second-order valence-electron chi connectivity index (χ2n) is 6.98. The molecule has 0 spiro atoms. The third-order valence-electron chi connectivity index (χ3n) is 5.05. The van der Waals surface area contributed by atoms with E-state index in [9.17, 15) is 4.39 Å². The van der Waals surface area contributed by atoms with E-state index in [1.165, 1.54) is 5.56 Å². The smallest absolute Gasteiger partial charge is 0.161 e. The Hall–Kier alpha value is -2.11. The summed E-state index contributed by atoms with van der Waals surface area (Å²) in [5, 5.41) is 0.